The van der Waals surface area contributed by atoms with Gasteiger partial charge in [-0.25, -0.2) is 14.2 Å². The first-order valence-electron chi connectivity index (χ1n) is 7.14. The maximum atomic E-state index is 13.7. The molecule has 1 heterocycles. The zero-order chi connectivity index (χ0) is 15.0. The van der Waals surface area contributed by atoms with E-state index in [0.717, 1.165) is 24.8 Å². The average Bonchev–Trinajstić information content (AvgIpc) is 2.38. The van der Waals surface area contributed by atoms with E-state index in [-0.39, 0.29) is 11.4 Å². The van der Waals surface area contributed by atoms with Gasteiger partial charge in [0.1, 0.15) is 5.56 Å². The van der Waals surface area contributed by atoms with Crippen LogP contribution in [0.2, 0.25) is 0 Å². The second-order valence-electron chi connectivity index (χ2n) is 5.35. The normalized spacial score (nSPS) is 10.8. The zero-order valence-electron chi connectivity index (χ0n) is 12.2. The third kappa shape index (κ3) is 5.55. The first-order valence-corrected chi connectivity index (χ1v) is 7.14. The molecule has 4 nitrogen and oxygen atoms in total. The number of carboxylic acid groups (broad SMARTS) is 1. The van der Waals surface area contributed by atoms with Crippen molar-refractivity contribution < 1.29 is 14.3 Å². The van der Waals surface area contributed by atoms with Crippen LogP contribution in [0.1, 0.15) is 56.3 Å². The summed E-state index contributed by atoms with van der Waals surface area (Å²) in [4.78, 5) is 14.6. The number of anilines is 1. The summed E-state index contributed by atoms with van der Waals surface area (Å²) in [6, 6.07) is 1.16. The average molecular weight is 282 g/mol. The topological polar surface area (TPSA) is 62.2 Å². The number of pyridine rings is 1. The number of nitrogens with zero attached hydrogens (tertiary/aromatic N) is 1. The lowest BCUT2D eigenvalue weighted by molar-refractivity contribution is 0.0692. The van der Waals surface area contributed by atoms with Crippen LogP contribution in [0.15, 0.2) is 12.3 Å². The van der Waals surface area contributed by atoms with Crippen LogP contribution in [-0.4, -0.2) is 22.6 Å². The number of rotatable bonds is 9. The number of hydrogen-bond acceptors (Lipinski definition) is 3. The summed E-state index contributed by atoms with van der Waals surface area (Å²) in [5.74, 6) is -1.31. The van der Waals surface area contributed by atoms with E-state index in [1.165, 1.54) is 25.5 Å². The van der Waals surface area contributed by atoms with Crippen molar-refractivity contribution in [1.29, 1.82) is 0 Å². The van der Waals surface area contributed by atoms with E-state index < -0.39 is 11.8 Å². The van der Waals surface area contributed by atoms with Crippen molar-refractivity contribution in [2.75, 3.05) is 11.9 Å². The minimum absolute atomic E-state index is 0.0204. The van der Waals surface area contributed by atoms with Gasteiger partial charge in [-0.3, -0.25) is 0 Å². The SMILES string of the molecule is CC(C)CCCCCCNc1nccc(C(=O)O)c1F. The molecule has 20 heavy (non-hydrogen) atoms. The second kappa shape index (κ2) is 8.51. The summed E-state index contributed by atoms with van der Waals surface area (Å²) in [5, 5.41) is 11.7. The maximum absolute atomic E-state index is 13.7. The maximum Gasteiger partial charge on any atom is 0.338 e. The summed E-state index contributed by atoms with van der Waals surface area (Å²) in [5.41, 5.74) is -0.348. The molecule has 0 saturated heterocycles. The number of hydrogen-bond donors (Lipinski definition) is 2. The molecule has 0 amide bonds. The smallest absolute Gasteiger partial charge is 0.338 e. The van der Waals surface area contributed by atoms with Gasteiger partial charge < -0.3 is 10.4 Å². The fraction of sp³-hybridized carbons (Fsp3) is 0.600. The highest BCUT2D eigenvalue weighted by molar-refractivity contribution is 5.88. The highest BCUT2D eigenvalue weighted by Crippen LogP contribution is 2.15. The number of carbonyl (C=O) groups is 1. The van der Waals surface area contributed by atoms with E-state index >= 15 is 0 Å². The van der Waals surface area contributed by atoms with Crippen molar-refractivity contribution in [3.63, 3.8) is 0 Å². The number of halogens is 1. The molecule has 0 aliphatic carbocycles. The minimum Gasteiger partial charge on any atom is -0.478 e. The zero-order valence-corrected chi connectivity index (χ0v) is 12.2. The van der Waals surface area contributed by atoms with Crippen molar-refractivity contribution in [3.8, 4) is 0 Å². The Hall–Kier alpha value is -1.65. The molecule has 0 spiro atoms. The van der Waals surface area contributed by atoms with E-state index in [1.54, 1.807) is 0 Å². The summed E-state index contributed by atoms with van der Waals surface area (Å²) in [7, 11) is 0. The van der Waals surface area contributed by atoms with Gasteiger partial charge in [-0.2, -0.15) is 0 Å². The molecular weight excluding hydrogens is 259 g/mol. The fourth-order valence-electron chi connectivity index (χ4n) is 1.97. The molecule has 0 atom stereocenters. The third-order valence-electron chi connectivity index (χ3n) is 3.12. The highest BCUT2D eigenvalue weighted by Gasteiger charge is 2.14. The Balaban J connectivity index is 2.29. The van der Waals surface area contributed by atoms with Gasteiger partial charge in [-0.15, -0.1) is 0 Å². The van der Waals surface area contributed by atoms with Crippen molar-refractivity contribution in [2.24, 2.45) is 5.92 Å². The number of aromatic nitrogens is 1. The van der Waals surface area contributed by atoms with Gasteiger partial charge >= 0.3 is 5.97 Å². The van der Waals surface area contributed by atoms with E-state index in [1.807, 2.05) is 0 Å². The predicted octanol–water partition coefficient (Wildman–Crippen LogP) is 3.94. The Labute approximate surface area is 119 Å². The number of unbranched alkanes of at least 4 members (excludes halogenated alkanes) is 3. The van der Waals surface area contributed by atoms with E-state index in [9.17, 15) is 9.18 Å². The Bertz CT molecular complexity index is 436. The molecule has 0 aromatic carbocycles. The highest BCUT2D eigenvalue weighted by atomic mass is 19.1. The molecule has 1 aromatic rings. The van der Waals surface area contributed by atoms with Crippen LogP contribution in [0.25, 0.3) is 0 Å². The molecule has 1 aromatic heterocycles. The quantitative estimate of drug-likeness (QED) is 0.673. The molecule has 0 aliphatic rings. The van der Waals surface area contributed by atoms with E-state index in [0.29, 0.717) is 6.54 Å². The van der Waals surface area contributed by atoms with Gasteiger partial charge in [-0.1, -0.05) is 39.5 Å². The van der Waals surface area contributed by atoms with Gasteiger partial charge in [0.05, 0.1) is 0 Å². The van der Waals surface area contributed by atoms with Crippen LogP contribution >= 0.6 is 0 Å². The third-order valence-corrected chi connectivity index (χ3v) is 3.12. The first-order chi connectivity index (χ1) is 9.52. The number of aromatic carboxylic acids is 1. The lowest BCUT2D eigenvalue weighted by atomic mass is 10.0. The van der Waals surface area contributed by atoms with Gasteiger partial charge in [0.15, 0.2) is 11.6 Å². The van der Waals surface area contributed by atoms with Crippen LogP contribution < -0.4 is 5.32 Å². The largest absolute Gasteiger partial charge is 0.478 e. The summed E-state index contributed by atoms with van der Waals surface area (Å²) in [6.45, 7) is 5.03. The lowest BCUT2D eigenvalue weighted by Gasteiger charge is -2.08. The number of nitrogens with one attached hydrogen (secondary N) is 1. The molecule has 0 unspecified atom stereocenters. The molecule has 2 N–H and O–H groups in total. The molecule has 0 fully saturated rings. The Morgan fingerprint density at radius 1 is 1.35 bits per heavy atom. The molecular formula is C15H23FN2O2. The molecule has 112 valence electrons. The van der Waals surface area contributed by atoms with Crippen molar-refractivity contribution in [1.82, 2.24) is 4.98 Å². The Morgan fingerprint density at radius 3 is 2.70 bits per heavy atom. The van der Waals surface area contributed by atoms with Gasteiger partial charge in [-0.05, 0) is 18.4 Å². The molecule has 0 saturated carbocycles. The fourth-order valence-corrected chi connectivity index (χ4v) is 1.97. The molecule has 0 bridgehead atoms. The van der Waals surface area contributed by atoms with Crippen LogP contribution in [0.4, 0.5) is 10.2 Å². The summed E-state index contributed by atoms with van der Waals surface area (Å²) < 4.78 is 13.7. The molecule has 0 aliphatic heterocycles. The Morgan fingerprint density at radius 2 is 2.05 bits per heavy atom. The van der Waals surface area contributed by atoms with Crippen molar-refractivity contribution >= 4 is 11.8 Å². The monoisotopic (exact) mass is 282 g/mol. The van der Waals surface area contributed by atoms with Gasteiger partial charge in [0.2, 0.25) is 0 Å². The van der Waals surface area contributed by atoms with Gasteiger partial charge in [0, 0.05) is 12.7 Å². The molecule has 0 radical (unpaired) electrons. The van der Waals surface area contributed by atoms with E-state index in [4.69, 9.17) is 5.11 Å². The predicted molar refractivity (Wildman–Crippen MR) is 77.6 cm³/mol. The van der Waals surface area contributed by atoms with Crippen LogP contribution in [0.3, 0.4) is 0 Å². The lowest BCUT2D eigenvalue weighted by Crippen LogP contribution is -2.09. The number of carboxylic acids is 1. The standard InChI is InChI=1S/C15H23FN2O2/c1-11(2)7-5-3-4-6-9-17-14-13(16)12(15(19)20)8-10-18-14/h8,10-11H,3-7,9H2,1-2H3,(H,17,18)(H,19,20). The second-order valence-corrected chi connectivity index (χ2v) is 5.35. The van der Waals surface area contributed by atoms with E-state index in [2.05, 4.69) is 24.1 Å². The van der Waals surface area contributed by atoms with Crippen LogP contribution in [0, 0.1) is 11.7 Å². The summed E-state index contributed by atoms with van der Waals surface area (Å²) >= 11 is 0. The van der Waals surface area contributed by atoms with Gasteiger partial charge in [0.25, 0.3) is 0 Å². The first kappa shape index (κ1) is 16.4. The van der Waals surface area contributed by atoms with Crippen LogP contribution in [-0.2, 0) is 0 Å². The molecule has 1 rings (SSSR count). The van der Waals surface area contributed by atoms with Crippen molar-refractivity contribution in [2.45, 2.75) is 46.0 Å². The van der Waals surface area contributed by atoms with Crippen molar-refractivity contribution in [3.05, 3.63) is 23.6 Å². The summed E-state index contributed by atoms with van der Waals surface area (Å²) in [6.07, 6.45) is 6.95. The minimum atomic E-state index is -1.28. The molecule has 5 heteroatoms. The van der Waals surface area contributed by atoms with Crippen LogP contribution in [0.5, 0.6) is 0 Å². The Kier molecular flexibility index (Phi) is 6.98.